The van der Waals surface area contributed by atoms with E-state index in [-0.39, 0.29) is 18.2 Å². The number of H-pyrrole nitrogens is 1. The minimum absolute atomic E-state index is 0.0242. The number of carbonyl (C=O) groups excluding carboxylic acids is 1. The Bertz CT molecular complexity index is 1120. The first-order valence-corrected chi connectivity index (χ1v) is 11.5. The molecule has 1 amide bonds. The van der Waals surface area contributed by atoms with E-state index in [2.05, 4.69) is 50.5 Å². The zero-order valence-electron chi connectivity index (χ0n) is 17.6. The Balaban J connectivity index is 1.20. The quantitative estimate of drug-likeness (QED) is 0.663. The molecule has 6 heteroatoms. The predicted molar refractivity (Wildman–Crippen MR) is 120 cm³/mol. The second kappa shape index (κ2) is 7.68. The van der Waals surface area contributed by atoms with Crippen molar-refractivity contribution in [2.75, 3.05) is 19.6 Å². The number of amides is 1. The average molecular weight is 417 g/mol. The number of hydrogen-bond donors (Lipinski definition) is 2. The highest BCUT2D eigenvalue weighted by Gasteiger charge is 2.37. The maximum atomic E-state index is 12.7. The smallest absolute Gasteiger partial charge is 0.407 e. The predicted octanol–water partition coefficient (Wildman–Crippen LogP) is 4.43. The molecule has 2 atom stereocenters. The molecule has 1 aromatic carbocycles. The van der Waals surface area contributed by atoms with Gasteiger partial charge in [-0.15, -0.1) is 0 Å². The molecule has 0 saturated carbocycles. The standard InChI is InChI=1S/C25H28N4O2/c30-25(31-23-15-29-12-8-16(23)9-13-29)28-22-3-1-2-17-14-18(4-5-20(17)22)19-6-10-26-24-21(19)7-11-27-24/h4-7,10-11,14,16,22-23H,1-3,8-9,12-13,15H2,(H,26,27)(H,28,30)/t22?,23-/m1/s1. The fraction of sp³-hybridized carbons (Fsp3) is 0.440. The number of piperidine rings is 3. The molecule has 6 nitrogen and oxygen atoms in total. The van der Waals surface area contributed by atoms with Gasteiger partial charge in [0.25, 0.3) is 0 Å². The highest BCUT2D eigenvalue weighted by Crippen LogP contribution is 2.35. The molecule has 7 rings (SSSR count). The van der Waals surface area contributed by atoms with Crippen LogP contribution in [-0.2, 0) is 11.2 Å². The number of fused-ring (bicyclic) bond motifs is 5. The Labute approximate surface area is 182 Å². The lowest BCUT2D eigenvalue weighted by Gasteiger charge is -2.44. The third-order valence-corrected chi connectivity index (χ3v) is 7.38. The van der Waals surface area contributed by atoms with E-state index in [1.165, 1.54) is 22.3 Å². The van der Waals surface area contributed by atoms with Crippen molar-refractivity contribution in [3.05, 3.63) is 53.9 Å². The minimum atomic E-state index is -0.260. The van der Waals surface area contributed by atoms with Gasteiger partial charge in [-0.05, 0) is 85.5 Å². The average Bonchev–Trinajstić information content (AvgIpc) is 3.29. The fourth-order valence-corrected chi connectivity index (χ4v) is 5.70. The molecule has 2 bridgehead atoms. The summed E-state index contributed by atoms with van der Waals surface area (Å²) in [6.45, 7) is 3.19. The van der Waals surface area contributed by atoms with Crippen LogP contribution >= 0.6 is 0 Å². The number of alkyl carbamates (subject to hydrolysis) is 1. The van der Waals surface area contributed by atoms with Crippen LogP contribution in [0.5, 0.6) is 0 Å². The molecule has 3 saturated heterocycles. The molecule has 1 aliphatic carbocycles. The Morgan fingerprint density at radius 3 is 2.90 bits per heavy atom. The third-order valence-electron chi connectivity index (χ3n) is 7.38. The third kappa shape index (κ3) is 3.49. The summed E-state index contributed by atoms with van der Waals surface area (Å²) >= 11 is 0. The SMILES string of the molecule is O=C(NC1CCCc2cc(-c3ccnc4[nH]ccc34)ccc21)O[C@@H]1CN2CCC1CC2. The number of hydrogen-bond acceptors (Lipinski definition) is 4. The summed E-state index contributed by atoms with van der Waals surface area (Å²) in [6.07, 6.45) is 8.93. The first-order valence-electron chi connectivity index (χ1n) is 11.5. The number of aromatic amines is 1. The molecular weight excluding hydrogens is 388 g/mol. The molecule has 2 N–H and O–H groups in total. The number of rotatable bonds is 3. The summed E-state index contributed by atoms with van der Waals surface area (Å²) in [4.78, 5) is 22.7. The lowest BCUT2D eigenvalue weighted by Crippen LogP contribution is -2.52. The van der Waals surface area contributed by atoms with Crippen molar-refractivity contribution in [3.63, 3.8) is 0 Å². The van der Waals surface area contributed by atoms with Crippen molar-refractivity contribution in [3.8, 4) is 11.1 Å². The van der Waals surface area contributed by atoms with Gasteiger partial charge in [0.2, 0.25) is 0 Å². The van der Waals surface area contributed by atoms with Crippen LogP contribution < -0.4 is 5.32 Å². The van der Waals surface area contributed by atoms with E-state index in [1.54, 1.807) is 0 Å². The molecule has 1 unspecified atom stereocenters. The van der Waals surface area contributed by atoms with Gasteiger partial charge >= 0.3 is 6.09 Å². The maximum Gasteiger partial charge on any atom is 0.407 e. The number of benzene rings is 1. The summed E-state index contributed by atoms with van der Waals surface area (Å²) in [7, 11) is 0. The lowest BCUT2D eigenvalue weighted by molar-refractivity contribution is -0.0340. The van der Waals surface area contributed by atoms with E-state index in [4.69, 9.17) is 4.74 Å². The molecule has 5 heterocycles. The van der Waals surface area contributed by atoms with Gasteiger partial charge in [-0.2, -0.15) is 0 Å². The highest BCUT2D eigenvalue weighted by molar-refractivity contribution is 5.93. The highest BCUT2D eigenvalue weighted by atomic mass is 16.6. The van der Waals surface area contributed by atoms with E-state index in [1.807, 2.05) is 12.4 Å². The molecule has 4 aliphatic rings. The van der Waals surface area contributed by atoms with Gasteiger partial charge < -0.3 is 15.0 Å². The molecule has 160 valence electrons. The number of pyridine rings is 1. The van der Waals surface area contributed by atoms with Gasteiger partial charge in [-0.25, -0.2) is 9.78 Å². The van der Waals surface area contributed by atoms with Crippen LogP contribution in [0.3, 0.4) is 0 Å². The van der Waals surface area contributed by atoms with Crippen molar-refractivity contribution in [1.82, 2.24) is 20.2 Å². The van der Waals surface area contributed by atoms with Crippen molar-refractivity contribution in [2.24, 2.45) is 5.92 Å². The molecule has 2 aromatic heterocycles. The summed E-state index contributed by atoms with van der Waals surface area (Å²) in [6, 6.07) is 10.8. The second-order valence-electron chi connectivity index (χ2n) is 9.18. The zero-order chi connectivity index (χ0) is 20.8. The molecule has 31 heavy (non-hydrogen) atoms. The zero-order valence-corrected chi connectivity index (χ0v) is 17.6. The van der Waals surface area contributed by atoms with Gasteiger partial charge in [-0.1, -0.05) is 18.2 Å². The van der Waals surface area contributed by atoms with E-state index in [0.717, 1.165) is 62.8 Å². The Hall–Kier alpha value is -2.86. The van der Waals surface area contributed by atoms with Crippen molar-refractivity contribution in [1.29, 1.82) is 0 Å². The van der Waals surface area contributed by atoms with Crippen LogP contribution in [-0.4, -0.2) is 46.7 Å². The number of aromatic nitrogens is 2. The largest absolute Gasteiger partial charge is 0.445 e. The van der Waals surface area contributed by atoms with E-state index in [9.17, 15) is 4.79 Å². The minimum Gasteiger partial charge on any atom is -0.445 e. The maximum absolute atomic E-state index is 12.7. The number of aryl methyl sites for hydroxylation is 1. The summed E-state index contributed by atoms with van der Waals surface area (Å²) in [5.74, 6) is 0.530. The topological polar surface area (TPSA) is 70.2 Å². The van der Waals surface area contributed by atoms with Gasteiger partial charge in [-0.3, -0.25) is 4.90 Å². The van der Waals surface area contributed by atoms with Crippen LogP contribution in [0.4, 0.5) is 4.79 Å². The molecule has 3 aromatic rings. The Morgan fingerprint density at radius 1 is 1.16 bits per heavy atom. The lowest BCUT2D eigenvalue weighted by atomic mass is 9.85. The van der Waals surface area contributed by atoms with Gasteiger partial charge in [0.05, 0.1) is 6.04 Å². The van der Waals surface area contributed by atoms with Crippen molar-refractivity contribution >= 4 is 17.1 Å². The molecule has 3 fully saturated rings. The van der Waals surface area contributed by atoms with Crippen molar-refractivity contribution < 1.29 is 9.53 Å². The van der Waals surface area contributed by atoms with Crippen LogP contribution in [0.25, 0.3) is 22.2 Å². The normalized spacial score (nSPS) is 27.1. The van der Waals surface area contributed by atoms with E-state index >= 15 is 0 Å². The number of carbonyl (C=O) groups is 1. The summed E-state index contributed by atoms with van der Waals surface area (Å²) < 4.78 is 5.87. The number of nitrogens with one attached hydrogen (secondary N) is 2. The van der Waals surface area contributed by atoms with Gasteiger partial charge in [0, 0.05) is 24.3 Å². The van der Waals surface area contributed by atoms with Gasteiger partial charge in [0.1, 0.15) is 11.8 Å². The molecular formula is C25H28N4O2. The second-order valence-corrected chi connectivity index (χ2v) is 9.18. The van der Waals surface area contributed by atoms with Gasteiger partial charge in [0.15, 0.2) is 0 Å². The Morgan fingerprint density at radius 2 is 2.06 bits per heavy atom. The van der Waals surface area contributed by atoms with E-state index < -0.39 is 0 Å². The Kier molecular flexibility index (Phi) is 4.68. The first kappa shape index (κ1) is 18.9. The molecule has 0 radical (unpaired) electrons. The summed E-state index contributed by atoms with van der Waals surface area (Å²) in [5, 5.41) is 4.31. The van der Waals surface area contributed by atoms with Crippen LogP contribution in [0.1, 0.15) is 42.9 Å². The van der Waals surface area contributed by atoms with E-state index in [0.29, 0.717) is 5.92 Å². The number of nitrogens with zero attached hydrogens (tertiary/aromatic N) is 2. The number of ether oxygens (including phenoxy) is 1. The molecule has 0 spiro atoms. The van der Waals surface area contributed by atoms with Crippen LogP contribution in [0.15, 0.2) is 42.7 Å². The van der Waals surface area contributed by atoms with Crippen molar-refractivity contribution in [2.45, 2.75) is 44.2 Å². The molecule has 3 aliphatic heterocycles. The van der Waals surface area contributed by atoms with Crippen LogP contribution in [0.2, 0.25) is 0 Å². The van der Waals surface area contributed by atoms with Crippen LogP contribution in [0, 0.1) is 5.92 Å². The fourth-order valence-electron chi connectivity index (χ4n) is 5.70. The first-order chi connectivity index (χ1) is 15.2. The summed E-state index contributed by atoms with van der Waals surface area (Å²) in [5.41, 5.74) is 5.83. The monoisotopic (exact) mass is 416 g/mol.